The second kappa shape index (κ2) is 7.92. The van der Waals surface area contributed by atoms with Crippen molar-refractivity contribution in [2.75, 3.05) is 19.6 Å². The van der Waals surface area contributed by atoms with E-state index in [1.165, 1.54) is 6.07 Å². The summed E-state index contributed by atoms with van der Waals surface area (Å²) < 4.78 is 5.33. The number of nitrogens with zero attached hydrogens (tertiary/aromatic N) is 1. The summed E-state index contributed by atoms with van der Waals surface area (Å²) >= 11 is 0. The van der Waals surface area contributed by atoms with Gasteiger partial charge >= 0.3 is 5.63 Å². The van der Waals surface area contributed by atoms with Crippen LogP contribution in [0.3, 0.4) is 0 Å². The number of carbonyl (C=O) groups excluding carboxylic acids is 1. The Morgan fingerprint density at radius 1 is 1.22 bits per heavy atom. The van der Waals surface area contributed by atoms with Crippen molar-refractivity contribution < 1.29 is 9.21 Å². The fourth-order valence-electron chi connectivity index (χ4n) is 2.60. The molecule has 2 aromatic rings. The fraction of sp³-hybridized carbons (Fsp3) is 0.444. The Morgan fingerprint density at radius 2 is 2.00 bits per heavy atom. The average Bonchev–Trinajstić information content (AvgIpc) is 2.53. The minimum absolute atomic E-state index is 0.00473. The van der Waals surface area contributed by atoms with Gasteiger partial charge in [0.2, 0.25) is 5.91 Å². The van der Waals surface area contributed by atoms with Crippen molar-refractivity contribution in [3.05, 3.63) is 45.8 Å². The number of likely N-dealkylation sites (N-methyl/N-ethyl adjacent to an activating group) is 2. The first kappa shape index (κ1) is 17.2. The number of hydrogen-bond acceptors (Lipinski definition) is 4. The highest BCUT2D eigenvalue weighted by molar-refractivity contribution is 5.81. The Morgan fingerprint density at radius 3 is 2.65 bits per heavy atom. The monoisotopic (exact) mass is 316 g/mol. The number of fused-ring (bicyclic) bond motifs is 1. The average molecular weight is 316 g/mol. The molecule has 0 saturated carbocycles. The van der Waals surface area contributed by atoms with Gasteiger partial charge in [-0.25, -0.2) is 4.79 Å². The maximum atomic E-state index is 11.8. The van der Waals surface area contributed by atoms with E-state index in [-0.39, 0.29) is 11.5 Å². The third-order valence-corrected chi connectivity index (χ3v) is 3.89. The molecule has 1 aromatic heterocycles. The molecule has 0 spiro atoms. The van der Waals surface area contributed by atoms with E-state index in [1.807, 2.05) is 36.9 Å². The molecule has 0 unspecified atom stereocenters. The van der Waals surface area contributed by atoms with Gasteiger partial charge in [0.1, 0.15) is 5.58 Å². The molecule has 0 radical (unpaired) electrons. The van der Waals surface area contributed by atoms with Gasteiger partial charge in [0.25, 0.3) is 0 Å². The van der Waals surface area contributed by atoms with E-state index in [1.54, 1.807) is 0 Å². The van der Waals surface area contributed by atoms with E-state index in [2.05, 4.69) is 12.2 Å². The Bertz CT molecular complexity index is 737. The number of aryl methyl sites for hydroxylation is 1. The van der Waals surface area contributed by atoms with E-state index in [9.17, 15) is 9.59 Å². The molecule has 2 rings (SSSR count). The zero-order valence-electron chi connectivity index (χ0n) is 14.0. The van der Waals surface area contributed by atoms with Crippen molar-refractivity contribution in [3.63, 3.8) is 0 Å². The van der Waals surface area contributed by atoms with Crippen LogP contribution >= 0.6 is 0 Å². The summed E-state index contributed by atoms with van der Waals surface area (Å²) in [5.74, 6) is -0.00473. The van der Waals surface area contributed by atoms with Crippen molar-refractivity contribution in [2.45, 2.75) is 33.7 Å². The maximum absolute atomic E-state index is 11.8. The van der Waals surface area contributed by atoms with Gasteiger partial charge in [0.15, 0.2) is 0 Å². The summed E-state index contributed by atoms with van der Waals surface area (Å²) in [5, 5.41) is 3.73. The predicted octanol–water partition coefficient (Wildman–Crippen LogP) is 2.31. The molecular weight excluding hydrogens is 292 g/mol. The lowest BCUT2D eigenvalue weighted by atomic mass is 10.1. The van der Waals surface area contributed by atoms with Crippen LogP contribution in [0.25, 0.3) is 11.0 Å². The summed E-state index contributed by atoms with van der Waals surface area (Å²) in [4.78, 5) is 25.6. The standard InChI is InChI=1S/C18H24N2O3/c1-4-13-7-8-15-14(10-18(22)23-16(15)9-13)11-20(6-3)12-17(21)19-5-2/h7-10H,4-6,11-12H2,1-3H3,(H,19,21). The predicted molar refractivity (Wildman–Crippen MR) is 91.5 cm³/mol. The normalized spacial score (nSPS) is 11.1. The third kappa shape index (κ3) is 4.42. The summed E-state index contributed by atoms with van der Waals surface area (Å²) in [6.45, 7) is 8.17. The second-order valence-corrected chi connectivity index (χ2v) is 5.53. The van der Waals surface area contributed by atoms with E-state index in [0.29, 0.717) is 25.2 Å². The molecule has 0 aliphatic rings. The van der Waals surface area contributed by atoms with Crippen molar-refractivity contribution in [2.24, 2.45) is 0 Å². The highest BCUT2D eigenvalue weighted by Crippen LogP contribution is 2.20. The minimum atomic E-state index is -0.352. The number of carbonyl (C=O) groups is 1. The summed E-state index contributed by atoms with van der Waals surface area (Å²) in [6, 6.07) is 7.48. The van der Waals surface area contributed by atoms with E-state index < -0.39 is 0 Å². The SMILES string of the molecule is CCNC(=O)CN(CC)Cc1cc(=O)oc2cc(CC)ccc12. The Labute approximate surface area is 136 Å². The van der Waals surface area contributed by atoms with Crippen molar-refractivity contribution in [1.29, 1.82) is 0 Å². The molecule has 23 heavy (non-hydrogen) atoms. The summed E-state index contributed by atoms with van der Waals surface area (Å²) in [6.07, 6.45) is 0.891. The summed E-state index contributed by atoms with van der Waals surface area (Å²) in [5.41, 5.74) is 2.29. The van der Waals surface area contributed by atoms with Crippen molar-refractivity contribution in [3.8, 4) is 0 Å². The molecule has 1 aromatic carbocycles. The number of nitrogens with one attached hydrogen (secondary N) is 1. The first-order chi connectivity index (χ1) is 11.1. The quantitative estimate of drug-likeness (QED) is 0.796. The molecule has 1 heterocycles. The Kier molecular flexibility index (Phi) is 5.93. The number of rotatable bonds is 7. The van der Waals surface area contributed by atoms with Gasteiger partial charge in [-0.3, -0.25) is 9.69 Å². The Balaban J connectivity index is 2.30. The molecule has 0 aliphatic heterocycles. The van der Waals surface area contributed by atoms with Gasteiger partial charge in [-0.15, -0.1) is 0 Å². The molecule has 0 saturated heterocycles. The molecule has 0 atom stereocenters. The van der Waals surface area contributed by atoms with Crippen molar-refractivity contribution >= 4 is 16.9 Å². The zero-order chi connectivity index (χ0) is 16.8. The van der Waals surface area contributed by atoms with E-state index in [0.717, 1.165) is 29.5 Å². The third-order valence-electron chi connectivity index (χ3n) is 3.89. The number of benzene rings is 1. The smallest absolute Gasteiger partial charge is 0.336 e. The van der Waals surface area contributed by atoms with Crippen molar-refractivity contribution in [1.82, 2.24) is 10.2 Å². The number of amides is 1. The molecule has 0 aliphatic carbocycles. The molecule has 0 fully saturated rings. The first-order valence-corrected chi connectivity index (χ1v) is 8.12. The van der Waals surface area contributed by atoms with Crippen LogP contribution in [0.4, 0.5) is 0 Å². The molecule has 5 nitrogen and oxygen atoms in total. The van der Waals surface area contributed by atoms with Crippen LogP contribution in [0.2, 0.25) is 0 Å². The van der Waals surface area contributed by atoms with Crippen LogP contribution in [-0.2, 0) is 17.8 Å². The van der Waals surface area contributed by atoms with Gasteiger partial charge < -0.3 is 9.73 Å². The lowest BCUT2D eigenvalue weighted by Gasteiger charge is -2.20. The van der Waals surface area contributed by atoms with Gasteiger partial charge in [-0.1, -0.05) is 26.0 Å². The largest absolute Gasteiger partial charge is 0.423 e. The molecular formula is C18H24N2O3. The van der Waals surface area contributed by atoms with Crippen LogP contribution in [0.1, 0.15) is 31.9 Å². The van der Waals surface area contributed by atoms with Gasteiger partial charge in [0.05, 0.1) is 6.54 Å². The molecule has 5 heteroatoms. The van der Waals surface area contributed by atoms with Gasteiger partial charge in [-0.05, 0) is 37.1 Å². The molecule has 1 N–H and O–H groups in total. The van der Waals surface area contributed by atoms with E-state index in [4.69, 9.17) is 4.42 Å². The highest BCUT2D eigenvalue weighted by atomic mass is 16.4. The van der Waals surface area contributed by atoms with Gasteiger partial charge in [-0.2, -0.15) is 0 Å². The topological polar surface area (TPSA) is 62.6 Å². The molecule has 0 bridgehead atoms. The zero-order valence-corrected chi connectivity index (χ0v) is 14.0. The highest BCUT2D eigenvalue weighted by Gasteiger charge is 2.13. The van der Waals surface area contributed by atoms with Crippen LogP contribution in [0.5, 0.6) is 0 Å². The minimum Gasteiger partial charge on any atom is -0.423 e. The van der Waals surface area contributed by atoms with Crippen LogP contribution in [0, 0.1) is 0 Å². The lowest BCUT2D eigenvalue weighted by molar-refractivity contribution is -0.122. The second-order valence-electron chi connectivity index (χ2n) is 5.53. The van der Waals surface area contributed by atoms with Crippen LogP contribution in [0.15, 0.2) is 33.5 Å². The maximum Gasteiger partial charge on any atom is 0.336 e. The van der Waals surface area contributed by atoms with Crippen LogP contribution in [-0.4, -0.2) is 30.4 Å². The van der Waals surface area contributed by atoms with Gasteiger partial charge in [0, 0.05) is 24.5 Å². The fourth-order valence-corrected chi connectivity index (χ4v) is 2.60. The first-order valence-electron chi connectivity index (χ1n) is 8.12. The molecule has 124 valence electrons. The molecule has 1 amide bonds. The van der Waals surface area contributed by atoms with E-state index >= 15 is 0 Å². The van der Waals surface area contributed by atoms with Crippen LogP contribution < -0.4 is 10.9 Å². The lowest BCUT2D eigenvalue weighted by Crippen LogP contribution is -2.36. The Hall–Kier alpha value is -2.14. The summed E-state index contributed by atoms with van der Waals surface area (Å²) in [7, 11) is 0. The number of hydrogen-bond donors (Lipinski definition) is 1.